The van der Waals surface area contributed by atoms with Crippen LogP contribution in [0.25, 0.3) is 0 Å². The van der Waals surface area contributed by atoms with Crippen LogP contribution in [0.3, 0.4) is 0 Å². The maximum absolute atomic E-state index is 13.2. The summed E-state index contributed by atoms with van der Waals surface area (Å²) >= 11 is 0. The number of methoxy groups -OCH3 is 1. The number of ether oxygens (including phenoxy) is 1. The van der Waals surface area contributed by atoms with Crippen molar-refractivity contribution in [1.29, 1.82) is 0 Å². The van der Waals surface area contributed by atoms with Gasteiger partial charge in [-0.05, 0) is 18.1 Å². The van der Waals surface area contributed by atoms with E-state index in [9.17, 15) is 43.9 Å². The third-order valence-corrected chi connectivity index (χ3v) is 5.96. The van der Waals surface area contributed by atoms with Gasteiger partial charge in [0.1, 0.15) is 0 Å². The third kappa shape index (κ3) is 13.3. The summed E-state index contributed by atoms with van der Waals surface area (Å²) in [5, 5.41) is 21.4. The first-order valence-electron chi connectivity index (χ1n) is 12.4. The van der Waals surface area contributed by atoms with E-state index in [1.165, 1.54) is 18.0 Å². The Hall–Kier alpha value is -4.34. The van der Waals surface area contributed by atoms with Gasteiger partial charge in [0.25, 0.3) is 0 Å². The molecule has 2 aliphatic heterocycles. The number of rotatable bonds is 4. The van der Waals surface area contributed by atoms with E-state index in [4.69, 9.17) is 34.4 Å². The minimum absolute atomic E-state index is 0.237. The summed E-state index contributed by atoms with van der Waals surface area (Å²) in [6.45, 7) is 3.58. The van der Waals surface area contributed by atoms with Gasteiger partial charge >= 0.3 is 36.4 Å². The van der Waals surface area contributed by atoms with Crippen LogP contribution in [0.4, 0.5) is 49.9 Å². The van der Waals surface area contributed by atoms with E-state index in [1.54, 1.807) is 13.3 Å². The number of likely N-dealkylation sites (tertiary alicyclic amines) is 1. The van der Waals surface area contributed by atoms with Crippen molar-refractivity contribution < 1.29 is 78.3 Å². The number of hydrogen-bond acceptors (Lipinski definition) is 9. The van der Waals surface area contributed by atoms with Gasteiger partial charge in [0.2, 0.25) is 5.95 Å². The molecule has 0 saturated carbocycles. The fraction of sp³-hybridized carbons (Fsp3) is 0.500. The average Bonchev–Trinajstić information content (AvgIpc) is 3.36. The molecule has 2 fully saturated rings. The Balaban J connectivity index is 0.000000413. The van der Waals surface area contributed by atoms with Crippen molar-refractivity contribution in [1.82, 2.24) is 19.9 Å². The Morgan fingerprint density at radius 1 is 0.870 bits per heavy atom. The van der Waals surface area contributed by atoms with E-state index < -0.39 is 42.3 Å². The SMILES string of the molecule is CO[C@@H]1CCN(c2ncc(F)cn2)[C@@H]2CN(Cc3cccnc3)C[C@@H]21.O=C(O)C(F)(F)F.O=C(O)C(F)(F)F.O=C(O)C(F)(F)F. The van der Waals surface area contributed by atoms with Gasteiger partial charge in [-0.1, -0.05) is 6.07 Å². The van der Waals surface area contributed by atoms with E-state index in [-0.39, 0.29) is 12.1 Å². The quantitative estimate of drug-likeness (QED) is 0.401. The third-order valence-electron chi connectivity index (χ3n) is 5.96. The van der Waals surface area contributed by atoms with Crippen molar-refractivity contribution in [3.63, 3.8) is 0 Å². The second kappa shape index (κ2) is 16.8. The number of halogens is 10. The Morgan fingerprint density at radius 3 is 1.74 bits per heavy atom. The van der Waals surface area contributed by atoms with Gasteiger partial charge in [-0.3, -0.25) is 9.88 Å². The minimum atomic E-state index is -5.08. The molecular weight excluding hydrogens is 660 g/mol. The summed E-state index contributed by atoms with van der Waals surface area (Å²) in [4.78, 5) is 43.9. The normalized spacial score (nSPS) is 19.6. The van der Waals surface area contributed by atoms with E-state index in [0.29, 0.717) is 11.9 Å². The Kier molecular flexibility index (Phi) is 14.5. The molecule has 0 aliphatic carbocycles. The first kappa shape index (κ1) is 39.7. The maximum Gasteiger partial charge on any atom is 0.490 e. The number of hydrogen-bond donors (Lipinski definition) is 3. The van der Waals surface area contributed by atoms with Crippen molar-refractivity contribution in [2.24, 2.45) is 5.92 Å². The molecule has 0 radical (unpaired) electrons. The molecule has 0 amide bonds. The van der Waals surface area contributed by atoms with Crippen molar-refractivity contribution in [3.8, 4) is 0 Å². The summed E-state index contributed by atoms with van der Waals surface area (Å²) in [6, 6.07) is 4.35. The van der Waals surface area contributed by atoms with Crippen LogP contribution >= 0.6 is 0 Å². The molecule has 3 atom stereocenters. The van der Waals surface area contributed by atoms with Crippen LogP contribution in [0.5, 0.6) is 0 Å². The molecule has 46 heavy (non-hydrogen) atoms. The summed E-state index contributed by atoms with van der Waals surface area (Å²) in [5.41, 5.74) is 1.21. The van der Waals surface area contributed by atoms with E-state index >= 15 is 0 Å². The molecule has 4 heterocycles. The largest absolute Gasteiger partial charge is 0.490 e. The average molecular weight is 685 g/mol. The van der Waals surface area contributed by atoms with Crippen LogP contribution in [0.15, 0.2) is 36.9 Å². The maximum atomic E-state index is 13.2. The van der Waals surface area contributed by atoms with Crippen LogP contribution in [0.1, 0.15) is 12.0 Å². The zero-order valence-electron chi connectivity index (χ0n) is 23.2. The lowest BCUT2D eigenvalue weighted by Crippen LogP contribution is -2.52. The van der Waals surface area contributed by atoms with Crippen LogP contribution in [-0.2, 0) is 25.7 Å². The zero-order chi connectivity index (χ0) is 35.5. The lowest BCUT2D eigenvalue weighted by molar-refractivity contribution is -0.193. The number of alkyl halides is 9. The molecule has 258 valence electrons. The standard InChI is InChI=1S/C18H22FN5O.3C2HF3O2/c1-25-17-4-6-24(18-21-8-14(19)9-22-18)16-12-23(11-15(16)17)10-13-3-2-5-20-7-13;3*3-2(4,5)1(6)7/h2-3,5,7-9,15-17H,4,6,10-12H2,1H3;3*(H,6,7)/t15-,16+,17+;;;/m0.../s1. The van der Waals surface area contributed by atoms with Crippen LogP contribution < -0.4 is 4.90 Å². The number of pyridine rings is 1. The second-order valence-corrected chi connectivity index (χ2v) is 9.15. The highest BCUT2D eigenvalue weighted by atomic mass is 19.4. The number of nitrogens with zero attached hydrogens (tertiary/aromatic N) is 5. The molecule has 4 rings (SSSR count). The van der Waals surface area contributed by atoms with Crippen LogP contribution in [0, 0.1) is 11.7 Å². The fourth-order valence-electron chi connectivity index (χ4n) is 4.11. The number of anilines is 1. The molecule has 2 aromatic heterocycles. The molecule has 12 nitrogen and oxygen atoms in total. The van der Waals surface area contributed by atoms with Gasteiger partial charge < -0.3 is 25.0 Å². The number of carboxylic acids is 3. The lowest BCUT2D eigenvalue weighted by Gasteiger charge is -2.41. The fourth-order valence-corrected chi connectivity index (χ4v) is 4.11. The van der Waals surface area contributed by atoms with Gasteiger partial charge in [-0.25, -0.2) is 28.7 Å². The number of carboxylic acid groups (broad SMARTS) is 3. The van der Waals surface area contributed by atoms with Gasteiger partial charge in [-0.15, -0.1) is 0 Å². The van der Waals surface area contributed by atoms with Crippen LogP contribution in [0.2, 0.25) is 0 Å². The molecule has 2 aromatic rings. The molecule has 22 heteroatoms. The Morgan fingerprint density at radius 2 is 1.35 bits per heavy atom. The number of carbonyl (C=O) groups is 3. The molecule has 0 bridgehead atoms. The highest BCUT2D eigenvalue weighted by Crippen LogP contribution is 2.34. The Bertz CT molecular complexity index is 1210. The molecule has 3 N–H and O–H groups in total. The molecule has 2 saturated heterocycles. The summed E-state index contributed by atoms with van der Waals surface area (Å²) in [5.74, 6) is -7.68. The topological polar surface area (TPSA) is 166 Å². The lowest BCUT2D eigenvalue weighted by atomic mass is 9.89. The van der Waals surface area contributed by atoms with Crippen molar-refractivity contribution in [2.75, 3.05) is 31.6 Å². The smallest absolute Gasteiger partial charge is 0.475 e. The van der Waals surface area contributed by atoms with Gasteiger partial charge in [0, 0.05) is 51.6 Å². The van der Waals surface area contributed by atoms with E-state index in [2.05, 4.69) is 30.8 Å². The first-order valence-corrected chi connectivity index (χ1v) is 12.4. The summed E-state index contributed by atoms with van der Waals surface area (Å²) in [7, 11) is 1.79. The van der Waals surface area contributed by atoms with Gasteiger partial charge in [0.15, 0.2) is 5.82 Å². The van der Waals surface area contributed by atoms with Gasteiger partial charge in [-0.2, -0.15) is 39.5 Å². The van der Waals surface area contributed by atoms with E-state index in [1.807, 2.05) is 12.3 Å². The monoisotopic (exact) mass is 685 g/mol. The highest BCUT2D eigenvalue weighted by molar-refractivity contribution is 5.73. The molecule has 0 spiro atoms. The Labute approximate surface area is 252 Å². The number of aliphatic carboxylic acids is 3. The number of aromatic nitrogens is 3. The first-order chi connectivity index (χ1) is 21.1. The molecule has 2 aliphatic rings. The number of fused-ring (bicyclic) bond motifs is 1. The molecule has 0 unspecified atom stereocenters. The van der Waals surface area contributed by atoms with E-state index in [0.717, 1.165) is 32.6 Å². The van der Waals surface area contributed by atoms with Crippen molar-refractivity contribution in [2.45, 2.75) is 43.6 Å². The second-order valence-electron chi connectivity index (χ2n) is 9.15. The predicted octanol–water partition coefficient (Wildman–Crippen LogP) is 3.64. The highest BCUT2D eigenvalue weighted by Gasteiger charge is 2.45. The van der Waals surface area contributed by atoms with Crippen molar-refractivity contribution in [3.05, 3.63) is 48.3 Å². The zero-order valence-corrected chi connectivity index (χ0v) is 23.2. The van der Waals surface area contributed by atoms with Crippen LogP contribution in [-0.4, -0.2) is 110 Å². The summed E-state index contributed by atoms with van der Waals surface area (Å²) < 4.78 is 114. The molecular formula is C24H25F10N5O7. The summed E-state index contributed by atoms with van der Waals surface area (Å²) in [6.07, 6.45) is -7.90. The number of piperidine rings is 1. The predicted molar refractivity (Wildman–Crippen MR) is 133 cm³/mol. The minimum Gasteiger partial charge on any atom is -0.475 e. The molecule has 0 aromatic carbocycles. The van der Waals surface area contributed by atoms with Crippen molar-refractivity contribution >= 4 is 23.9 Å². The van der Waals surface area contributed by atoms with Gasteiger partial charge in [0.05, 0.1) is 24.5 Å².